The fourth-order valence-electron chi connectivity index (χ4n) is 12.9. The highest BCUT2D eigenvalue weighted by atomic mass is 16.3. The van der Waals surface area contributed by atoms with Gasteiger partial charge in [-0.25, -0.2) is 0 Å². The number of aromatic nitrogens is 1. The molecule has 0 radical (unpaired) electrons. The van der Waals surface area contributed by atoms with E-state index in [1.807, 2.05) is 0 Å². The van der Waals surface area contributed by atoms with E-state index in [0.717, 1.165) is 106 Å². The minimum Gasteiger partial charge on any atom is -0.453 e. The Bertz CT molecular complexity index is 5100. The number of benzene rings is 12. The van der Waals surface area contributed by atoms with Crippen LogP contribution in [0.1, 0.15) is 36.5 Å². The molecule has 0 saturated carbocycles. The maximum Gasteiger partial charge on any atom is 0.159 e. The van der Waals surface area contributed by atoms with Gasteiger partial charge in [0.25, 0.3) is 0 Å². The van der Waals surface area contributed by atoms with E-state index >= 15 is 0 Å². The van der Waals surface area contributed by atoms with Gasteiger partial charge in [-0.1, -0.05) is 189 Å². The predicted molar refractivity (Wildman–Crippen MR) is 337 cm³/mol. The Morgan fingerprint density at radius 3 is 1.40 bits per heavy atom. The molecule has 5 heteroatoms. The smallest absolute Gasteiger partial charge is 0.159 e. The van der Waals surface area contributed by atoms with Crippen molar-refractivity contribution in [1.29, 1.82) is 0 Å². The first-order valence-corrected chi connectivity index (χ1v) is 27.8. The molecule has 0 fully saturated rings. The van der Waals surface area contributed by atoms with Gasteiger partial charge < -0.3 is 23.0 Å². The third-order valence-electron chi connectivity index (χ3n) is 16.8. The topological polar surface area (TPSA) is 37.2 Å². The van der Waals surface area contributed by atoms with Gasteiger partial charge in [-0.05, 0) is 126 Å². The van der Waals surface area contributed by atoms with Crippen molar-refractivity contribution in [2.45, 2.75) is 33.6 Å². The van der Waals surface area contributed by atoms with Crippen LogP contribution in [0.25, 0.3) is 115 Å². The van der Waals surface area contributed by atoms with Gasteiger partial charge in [-0.3, -0.25) is 0 Å². The Labute approximate surface area is 462 Å². The zero-order valence-corrected chi connectivity index (χ0v) is 44.8. The van der Waals surface area contributed by atoms with Crippen LogP contribution in [-0.4, -0.2) is 4.40 Å². The SMILES string of the molecule is Cc1ccc(N(c2ccc3cc4c5ccc(N(c6ccc(C)cc6)c6cccc7c6oc6c(-c8ccccc8)cccc67)cc5n5c6ccc(C(C)C)cc6c(c3c2)c45)c2cccc3c2oc2c(-c4ccccc4)cccc23)cc1. The van der Waals surface area contributed by atoms with Gasteiger partial charge in [0, 0.05) is 77.0 Å². The number of para-hydroxylation sites is 4. The van der Waals surface area contributed by atoms with Crippen molar-refractivity contribution >= 4 is 127 Å². The lowest BCUT2D eigenvalue weighted by Gasteiger charge is -2.26. The summed E-state index contributed by atoms with van der Waals surface area (Å²) in [7, 11) is 0. The van der Waals surface area contributed by atoms with E-state index in [0.29, 0.717) is 5.92 Å². The van der Waals surface area contributed by atoms with Crippen molar-refractivity contribution in [3.63, 3.8) is 0 Å². The van der Waals surface area contributed by atoms with Crippen molar-refractivity contribution in [2.24, 2.45) is 0 Å². The maximum atomic E-state index is 7.12. The molecule has 0 amide bonds. The van der Waals surface area contributed by atoms with Crippen molar-refractivity contribution in [3.8, 4) is 22.3 Å². The van der Waals surface area contributed by atoms with Gasteiger partial charge in [0.05, 0.1) is 27.9 Å². The summed E-state index contributed by atoms with van der Waals surface area (Å²) in [6.45, 7) is 8.88. The number of aryl methyl sites for hydroxylation is 2. The van der Waals surface area contributed by atoms with E-state index in [1.165, 1.54) is 60.0 Å². The number of rotatable bonds is 9. The summed E-state index contributed by atoms with van der Waals surface area (Å²) in [5.41, 5.74) is 21.3. The average molecular weight is 1030 g/mol. The molecule has 380 valence electrons. The molecule has 5 nitrogen and oxygen atoms in total. The molecule has 16 rings (SSSR count). The summed E-state index contributed by atoms with van der Waals surface area (Å²) in [5, 5.41) is 11.7. The first kappa shape index (κ1) is 46.0. The average Bonchev–Trinajstić information content (AvgIpc) is 4.06. The molecule has 12 aromatic carbocycles. The van der Waals surface area contributed by atoms with Gasteiger partial charge in [0.15, 0.2) is 11.2 Å². The third-order valence-corrected chi connectivity index (χ3v) is 16.8. The largest absolute Gasteiger partial charge is 0.453 e. The van der Waals surface area contributed by atoms with Crippen LogP contribution in [0.5, 0.6) is 0 Å². The molecule has 0 aliphatic carbocycles. The minimum absolute atomic E-state index is 0.348. The number of anilines is 6. The fraction of sp³-hybridized carbons (Fsp3) is 0.0667. The molecule has 0 aliphatic heterocycles. The Morgan fingerprint density at radius 1 is 0.350 bits per heavy atom. The number of hydrogen-bond acceptors (Lipinski definition) is 4. The van der Waals surface area contributed by atoms with Crippen LogP contribution >= 0.6 is 0 Å². The van der Waals surface area contributed by atoms with Gasteiger partial charge >= 0.3 is 0 Å². The molecule has 80 heavy (non-hydrogen) atoms. The van der Waals surface area contributed by atoms with Gasteiger partial charge in [0.2, 0.25) is 0 Å². The lowest BCUT2D eigenvalue weighted by molar-refractivity contribution is 0.670. The Morgan fingerprint density at radius 2 is 0.850 bits per heavy atom. The molecule has 4 heterocycles. The van der Waals surface area contributed by atoms with E-state index < -0.39 is 0 Å². The number of fused-ring (bicyclic) bond motifs is 14. The van der Waals surface area contributed by atoms with Crippen molar-refractivity contribution in [1.82, 2.24) is 4.40 Å². The zero-order chi connectivity index (χ0) is 53.3. The second-order valence-electron chi connectivity index (χ2n) is 22.0. The second kappa shape index (κ2) is 17.7. The summed E-state index contributed by atoms with van der Waals surface area (Å²) in [5.74, 6) is 0.348. The van der Waals surface area contributed by atoms with Crippen LogP contribution in [-0.2, 0) is 0 Å². The molecule has 0 aliphatic rings. The number of nitrogens with zero attached hydrogens (tertiary/aromatic N) is 3. The predicted octanol–water partition coefficient (Wildman–Crippen LogP) is 21.8. The van der Waals surface area contributed by atoms with E-state index in [9.17, 15) is 0 Å². The van der Waals surface area contributed by atoms with Crippen molar-refractivity contribution in [2.75, 3.05) is 9.80 Å². The van der Waals surface area contributed by atoms with Crippen LogP contribution in [0, 0.1) is 13.8 Å². The Balaban J connectivity index is 0.930. The second-order valence-corrected chi connectivity index (χ2v) is 22.0. The molecule has 0 bridgehead atoms. The highest BCUT2D eigenvalue weighted by Crippen LogP contribution is 2.50. The van der Waals surface area contributed by atoms with Crippen molar-refractivity contribution < 1.29 is 8.83 Å². The Kier molecular flexibility index (Phi) is 10.2. The summed E-state index contributed by atoms with van der Waals surface area (Å²) in [4.78, 5) is 4.76. The van der Waals surface area contributed by atoms with Crippen LogP contribution in [0.2, 0.25) is 0 Å². The van der Waals surface area contributed by atoms with Gasteiger partial charge in [-0.15, -0.1) is 0 Å². The molecule has 0 unspecified atom stereocenters. The molecule has 4 aromatic heterocycles. The van der Waals surface area contributed by atoms with Crippen LogP contribution in [0.3, 0.4) is 0 Å². The monoisotopic (exact) mass is 1030 g/mol. The lowest BCUT2D eigenvalue weighted by atomic mass is 9.96. The molecule has 0 spiro atoms. The molecule has 16 aromatic rings. The third kappa shape index (κ3) is 6.96. The molecular weight excluding hydrogens is 975 g/mol. The molecule has 0 N–H and O–H groups in total. The highest BCUT2D eigenvalue weighted by molar-refractivity contribution is 6.32. The van der Waals surface area contributed by atoms with Crippen LogP contribution in [0.15, 0.2) is 251 Å². The molecular formula is C75H53N3O2. The van der Waals surface area contributed by atoms with E-state index in [-0.39, 0.29) is 0 Å². The summed E-state index contributed by atoms with van der Waals surface area (Å²) in [6.07, 6.45) is 0. The lowest BCUT2D eigenvalue weighted by Crippen LogP contribution is -2.10. The zero-order valence-electron chi connectivity index (χ0n) is 44.8. The highest BCUT2D eigenvalue weighted by Gasteiger charge is 2.27. The molecule has 0 atom stereocenters. The van der Waals surface area contributed by atoms with Crippen molar-refractivity contribution in [3.05, 3.63) is 259 Å². The van der Waals surface area contributed by atoms with Gasteiger partial charge in [0.1, 0.15) is 11.2 Å². The summed E-state index contributed by atoms with van der Waals surface area (Å²) < 4.78 is 16.8. The fourth-order valence-corrected chi connectivity index (χ4v) is 12.9. The number of furan rings is 2. The van der Waals surface area contributed by atoms with Crippen LogP contribution in [0.4, 0.5) is 34.1 Å². The Hall–Kier alpha value is -10.1. The summed E-state index contributed by atoms with van der Waals surface area (Å²) >= 11 is 0. The number of hydrogen-bond donors (Lipinski definition) is 0. The summed E-state index contributed by atoms with van der Waals surface area (Å²) in [6, 6.07) is 88.5. The standard InChI is InChI=1S/C75H53N3O2/c1-45(2)50-32-40-66-65(41-50)70-63-43-54(76(52-33-27-46(3)28-34-52)67-25-13-23-61-59-21-11-19-56(72(59)79-74(61)67)48-15-7-5-8-16-48)37-31-51(63)42-64-58-39-38-55(44-69(58)78(66)71(64)70)77(53-35-29-47(4)30-36-53)68-26-14-24-62-60-22-12-20-57(73(60)80-75(62)68)49-17-9-6-10-18-49/h5-45H,1-4H3. The maximum absolute atomic E-state index is 7.12. The minimum atomic E-state index is 0.348. The van der Waals surface area contributed by atoms with Gasteiger partial charge in [-0.2, -0.15) is 0 Å². The van der Waals surface area contributed by atoms with E-state index in [1.54, 1.807) is 0 Å². The van der Waals surface area contributed by atoms with E-state index in [2.05, 4.69) is 285 Å². The normalized spacial score (nSPS) is 12.1. The first-order chi connectivity index (χ1) is 39.3. The quantitative estimate of drug-likeness (QED) is 0.144. The van der Waals surface area contributed by atoms with E-state index in [4.69, 9.17) is 8.83 Å². The molecule has 0 saturated heterocycles. The first-order valence-electron chi connectivity index (χ1n) is 27.8. The van der Waals surface area contributed by atoms with Crippen LogP contribution < -0.4 is 9.80 Å².